The Balaban J connectivity index is 1.63. The van der Waals surface area contributed by atoms with E-state index < -0.39 is 0 Å². The summed E-state index contributed by atoms with van der Waals surface area (Å²) in [5, 5.41) is 3.06. The maximum atomic E-state index is 11.6. The molecule has 1 aromatic heterocycles. The molecular weight excluding hydrogens is 286 g/mol. The van der Waals surface area contributed by atoms with Crippen LogP contribution >= 0.6 is 0 Å². The molecule has 3 rings (SSSR count). The van der Waals surface area contributed by atoms with Gasteiger partial charge in [0.25, 0.3) is 5.56 Å². The van der Waals surface area contributed by atoms with Crippen molar-refractivity contribution in [3.8, 4) is 11.5 Å². The van der Waals surface area contributed by atoms with Gasteiger partial charge in [0.2, 0.25) is 5.95 Å². The third kappa shape index (κ3) is 3.37. The predicted octanol–water partition coefficient (Wildman–Crippen LogP) is 1.17. The number of nitrogens with one attached hydrogen (secondary N) is 2. The van der Waals surface area contributed by atoms with Crippen LogP contribution in [0.4, 0.5) is 5.95 Å². The summed E-state index contributed by atoms with van der Waals surface area (Å²) in [4.78, 5) is 18.5. The molecule has 2 heterocycles. The van der Waals surface area contributed by atoms with Gasteiger partial charge in [-0.15, -0.1) is 0 Å². The number of H-pyrrole nitrogens is 1. The molecule has 22 heavy (non-hydrogen) atoms. The molecule has 0 saturated carbocycles. The first-order valence-corrected chi connectivity index (χ1v) is 6.96. The molecule has 116 valence electrons. The highest BCUT2D eigenvalue weighted by Gasteiger charge is 2.20. The average Bonchev–Trinajstić information content (AvgIpc) is 2.52. The van der Waals surface area contributed by atoms with Gasteiger partial charge in [0.15, 0.2) is 11.5 Å². The summed E-state index contributed by atoms with van der Waals surface area (Å²) in [6, 6.07) is 8.93. The van der Waals surface area contributed by atoms with Crippen LogP contribution in [0.5, 0.6) is 11.5 Å². The Morgan fingerprint density at radius 2 is 2.23 bits per heavy atom. The van der Waals surface area contributed by atoms with Crippen LogP contribution < -0.4 is 20.3 Å². The summed E-state index contributed by atoms with van der Waals surface area (Å²) in [5.74, 6) is 1.85. The molecule has 1 aliphatic heterocycles. The normalized spacial score (nSPS) is 16.3. The highest BCUT2D eigenvalue weighted by Crippen LogP contribution is 2.30. The van der Waals surface area contributed by atoms with Gasteiger partial charge >= 0.3 is 0 Å². The third-order valence-electron chi connectivity index (χ3n) is 3.15. The van der Waals surface area contributed by atoms with Gasteiger partial charge in [0.1, 0.15) is 12.7 Å². The molecule has 2 aromatic rings. The molecular formula is C15H17N3O4. The second-order valence-corrected chi connectivity index (χ2v) is 4.90. The summed E-state index contributed by atoms with van der Waals surface area (Å²) in [5.41, 5.74) is 0.343. The van der Waals surface area contributed by atoms with Crippen LogP contribution in [0.3, 0.4) is 0 Å². The van der Waals surface area contributed by atoms with Crippen molar-refractivity contribution in [2.45, 2.75) is 12.7 Å². The summed E-state index contributed by atoms with van der Waals surface area (Å²) in [6.45, 7) is 1.19. The van der Waals surface area contributed by atoms with Crippen LogP contribution in [0.15, 0.2) is 35.1 Å². The number of methoxy groups -OCH3 is 1. The van der Waals surface area contributed by atoms with E-state index in [4.69, 9.17) is 14.2 Å². The zero-order chi connectivity index (χ0) is 15.4. The Labute approximate surface area is 127 Å². The Morgan fingerprint density at radius 1 is 1.41 bits per heavy atom. The highest BCUT2D eigenvalue weighted by atomic mass is 16.6. The monoisotopic (exact) mass is 303 g/mol. The fourth-order valence-corrected chi connectivity index (χ4v) is 2.19. The standard InChI is InChI=1S/C15H17N3O4/c1-20-8-10-6-14(19)18-15(17-10)16-7-11-9-21-12-4-2-3-5-13(12)22-11/h2-6,11H,7-9H2,1H3,(H2,16,17,18,19). The zero-order valence-electron chi connectivity index (χ0n) is 12.2. The van der Waals surface area contributed by atoms with E-state index in [9.17, 15) is 4.79 Å². The first-order chi connectivity index (χ1) is 10.7. The van der Waals surface area contributed by atoms with E-state index in [0.717, 1.165) is 11.5 Å². The van der Waals surface area contributed by atoms with Gasteiger partial charge < -0.3 is 19.5 Å². The van der Waals surface area contributed by atoms with Crippen molar-refractivity contribution in [3.05, 3.63) is 46.4 Å². The number of fused-ring (bicyclic) bond motifs is 1. The van der Waals surface area contributed by atoms with Gasteiger partial charge in [0, 0.05) is 13.2 Å². The van der Waals surface area contributed by atoms with Gasteiger partial charge in [-0.3, -0.25) is 9.78 Å². The smallest absolute Gasteiger partial charge is 0.252 e. The van der Waals surface area contributed by atoms with E-state index in [-0.39, 0.29) is 18.3 Å². The average molecular weight is 303 g/mol. The van der Waals surface area contributed by atoms with Crippen molar-refractivity contribution in [2.24, 2.45) is 0 Å². The van der Waals surface area contributed by atoms with Crippen molar-refractivity contribution < 1.29 is 14.2 Å². The number of ether oxygens (including phenoxy) is 3. The number of hydrogen-bond acceptors (Lipinski definition) is 6. The maximum absolute atomic E-state index is 11.6. The summed E-state index contributed by atoms with van der Waals surface area (Å²) in [7, 11) is 1.56. The quantitative estimate of drug-likeness (QED) is 0.862. The number of hydrogen-bond donors (Lipinski definition) is 2. The third-order valence-corrected chi connectivity index (χ3v) is 3.15. The van der Waals surface area contributed by atoms with Crippen LogP contribution in [0, 0.1) is 0 Å². The number of nitrogens with zero attached hydrogens (tertiary/aromatic N) is 1. The van der Waals surface area contributed by atoms with Gasteiger partial charge in [-0.2, -0.15) is 0 Å². The van der Waals surface area contributed by atoms with Gasteiger partial charge in [-0.1, -0.05) is 12.1 Å². The van der Waals surface area contributed by atoms with Crippen LogP contribution in [0.25, 0.3) is 0 Å². The lowest BCUT2D eigenvalue weighted by Gasteiger charge is -2.26. The minimum atomic E-state index is -0.226. The lowest BCUT2D eigenvalue weighted by atomic mass is 10.2. The zero-order valence-corrected chi connectivity index (χ0v) is 12.2. The van der Waals surface area contributed by atoms with Gasteiger partial charge in [0.05, 0.1) is 18.8 Å². The van der Waals surface area contributed by atoms with Crippen molar-refractivity contribution in [1.29, 1.82) is 0 Å². The molecule has 7 heteroatoms. The molecule has 1 unspecified atom stereocenters. The van der Waals surface area contributed by atoms with Crippen molar-refractivity contribution >= 4 is 5.95 Å². The second-order valence-electron chi connectivity index (χ2n) is 4.90. The van der Waals surface area contributed by atoms with Crippen LogP contribution in [0.2, 0.25) is 0 Å². The molecule has 0 fully saturated rings. The fourth-order valence-electron chi connectivity index (χ4n) is 2.19. The number of para-hydroxylation sites is 2. The Hall–Kier alpha value is -2.54. The highest BCUT2D eigenvalue weighted by molar-refractivity contribution is 5.41. The predicted molar refractivity (Wildman–Crippen MR) is 80.4 cm³/mol. The molecule has 0 bridgehead atoms. The van der Waals surface area contributed by atoms with Gasteiger partial charge in [-0.05, 0) is 12.1 Å². The summed E-state index contributed by atoms with van der Waals surface area (Å²) in [6.07, 6.45) is -0.161. The number of anilines is 1. The fraction of sp³-hybridized carbons (Fsp3) is 0.333. The molecule has 7 nitrogen and oxygen atoms in total. The minimum Gasteiger partial charge on any atom is -0.486 e. The molecule has 0 spiro atoms. The number of aromatic nitrogens is 2. The molecule has 0 amide bonds. The Bertz CT molecular complexity index is 701. The minimum absolute atomic E-state index is 0.161. The molecule has 2 N–H and O–H groups in total. The van der Waals surface area contributed by atoms with E-state index in [1.165, 1.54) is 6.07 Å². The molecule has 0 aliphatic carbocycles. The summed E-state index contributed by atoms with van der Waals surface area (Å²) < 4.78 is 16.4. The Morgan fingerprint density at radius 3 is 3.05 bits per heavy atom. The SMILES string of the molecule is COCc1cc(=O)[nH]c(NCC2COc3ccccc3O2)n1. The summed E-state index contributed by atoms with van der Waals surface area (Å²) >= 11 is 0. The lowest BCUT2D eigenvalue weighted by Crippen LogP contribution is -2.35. The van der Waals surface area contributed by atoms with Crippen molar-refractivity contribution in [3.63, 3.8) is 0 Å². The van der Waals surface area contributed by atoms with Crippen LogP contribution in [-0.4, -0.2) is 36.3 Å². The van der Waals surface area contributed by atoms with E-state index in [2.05, 4.69) is 15.3 Å². The van der Waals surface area contributed by atoms with Crippen molar-refractivity contribution in [1.82, 2.24) is 9.97 Å². The van der Waals surface area contributed by atoms with Crippen LogP contribution in [0.1, 0.15) is 5.69 Å². The number of benzene rings is 1. The van der Waals surface area contributed by atoms with E-state index in [1.54, 1.807) is 7.11 Å². The Kier molecular flexibility index (Phi) is 4.24. The number of aromatic amines is 1. The van der Waals surface area contributed by atoms with E-state index in [1.807, 2.05) is 24.3 Å². The first-order valence-electron chi connectivity index (χ1n) is 6.96. The van der Waals surface area contributed by atoms with Gasteiger partial charge in [-0.25, -0.2) is 4.98 Å². The molecule has 1 aliphatic rings. The molecule has 1 aromatic carbocycles. The molecule has 0 saturated heterocycles. The topological polar surface area (TPSA) is 85.5 Å². The maximum Gasteiger partial charge on any atom is 0.252 e. The largest absolute Gasteiger partial charge is 0.486 e. The molecule has 1 atom stereocenters. The van der Waals surface area contributed by atoms with E-state index in [0.29, 0.717) is 24.8 Å². The molecule has 0 radical (unpaired) electrons. The second kappa shape index (κ2) is 6.48. The van der Waals surface area contributed by atoms with Crippen molar-refractivity contribution in [2.75, 3.05) is 25.6 Å². The lowest BCUT2D eigenvalue weighted by molar-refractivity contribution is 0.0996. The first kappa shape index (κ1) is 14.4. The van der Waals surface area contributed by atoms with Crippen LogP contribution in [-0.2, 0) is 11.3 Å². The number of rotatable bonds is 5. The van der Waals surface area contributed by atoms with E-state index >= 15 is 0 Å².